The van der Waals surface area contributed by atoms with Gasteiger partial charge in [0.1, 0.15) is 5.82 Å². The van der Waals surface area contributed by atoms with Crippen molar-refractivity contribution in [1.29, 1.82) is 0 Å². The predicted molar refractivity (Wildman–Crippen MR) is 70.5 cm³/mol. The molecule has 0 radical (unpaired) electrons. The van der Waals surface area contributed by atoms with Crippen LogP contribution < -0.4 is 5.32 Å². The normalized spacial score (nSPS) is 11.3. The Morgan fingerprint density at radius 3 is 2.43 bits per heavy atom. The molecule has 0 aliphatic carbocycles. The minimum absolute atomic E-state index is 0.0456. The molecule has 110 valence electrons. The molecule has 0 saturated heterocycles. The Labute approximate surface area is 118 Å². The topological polar surface area (TPSA) is 29.1 Å². The van der Waals surface area contributed by atoms with E-state index in [2.05, 4.69) is 5.32 Å². The molecule has 6 heteroatoms. The van der Waals surface area contributed by atoms with Gasteiger partial charge in [-0.25, -0.2) is 4.39 Å². The van der Waals surface area contributed by atoms with Gasteiger partial charge in [0.2, 0.25) is 0 Å². The number of rotatable bonds is 2. The summed E-state index contributed by atoms with van der Waals surface area (Å²) < 4.78 is 51.5. The lowest BCUT2D eigenvalue weighted by atomic mass is 10.1. The number of amides is 1. The fourth-order valence-electron chi connectivity index (χ4n) is 1.79. The van der Waals surface area contributed by atoms with Crippen LogP contribution in [0.4, 0.5) is 23.2 Å². The molecule has 1 amide bonds. The van der Waals surface area contributed by atoms with Crippen molar-refractivity contribution in [2.45, 2.75) is 13.1 Å². The highest BCUT2D eigenvalue weighted by Crippen LogP contribution is 2.30. The van der Waals surface area contributed by atoms with Crippen LogP contribution in [-0.4, -0.2) is 5.91 Å². The highest BCUT2D eigenvalue weighted by atomic mass is 19.4. The maximum Gasteiger partial charge on any atom is 0.416 e. The summed E-state index contributed by atoms with van der Waals surface area (Å²) in [6.45, 7) is 1.50. The highest BCUT2D eigenvalue weighted by Gasteiger charge is 2.30. The summed E-state index contributed by atoms with van der Waals surface area (Å²) >= 11 is 0. The molecule has 0 unspecified atom stereocenters. The van der Waals surface area contributed by atoms with Crippen molar-refractivity contribution in [3.8, 4) is 0 Å². The molecule has 0 aromatic heterocycles. The molecule has 0 saturated carbocycles. The zero-order valence-corrected chi connectivity index (χ0v) is 11.0. The zero-order chi connectivity index (χ0) is 15.6. The van der Waals surface area contributed by atoms with Crippen LogP contribution in [0.25, 0.3) is 0 Å². The first-order chi connectivity index (χ1) is 9.79. The number of benzene rings is 2. The molecule has 2 aromatic carbocycles. The summed E-state index contributed by atoms with van der Waals surface area (Å²) in [5, 5.41) is 2.26. The maximum atomic E-state index is 13.8. The lowest BCUT2D eigenvalue weighted by molar-refractivity contribution is -0.137. The van der Waals surface area contributed by atoms with Crippen LogP contribution in [0.3, 0.4) is 0 Å². The van der Waals surface area contributed by atoms with Crippen LogP contribution in [0, 0.1) is 12.7 Å². The lowest BCUT2D eigenvalue weighted by Crippen LogP contribution is -2.15. The average Bonchev–Trinajstić information content (AvgIpc) is 2.41. The van der Waals surface area contributed by atoms with Crippen LogP contribution in [0.15, 0.2) is 42.5 Å². The number of carbonyl (C=O) groups excluding carboxylic acids is 1. The summed E-state index contributed by atoms with van der Waals surface area (Å²) in [6.07, 6.45) is -4.50. The number of nitrogens with one attached hydrogen (secondary N) is 1. The summed E-state index contributed by atoms with van der Waals surface area (Å²) in [7, 11) is 0. The van der Waals surface area contributed by atoms with Crippen molar-refractivity contribution in [1.82, 2.24) is 0 Å². The third-order valence-electron chi connectivity index (χ3n) is 2.88. The van der Waals surface area contributed by atoms with Crippen molar-refractivity contribution in [2.75, 3.05) is 5.32 Å². The number of aryl methyl sites for hydroxylation is 1. The Kier molecular flexibility index (Phi) is 3.97. The first-order valence-electron chi connectivity index (χ1n) is 6.03. The van der Waals surface area contributed by atoms with E-state index in [4.69, 9.17) is 0 Å². The number of hydrogen-bond donors (Lipinski definition) is 1. The van der Waals surface area contributed by atoms with Gasteiger partial charge in [0, 0.05) is 5.69 Å². The molecule has 2 nitrogen and oxygen atoms in total. The Morgan fingerprint density at radius 2 is 1.76 bits per heavy atom. The number of hydrogen-bond acceptors (Lipinski definition) is 1. The molecule has 0 aliphatic rings. The molecule has 1 N–H and O–H groups in total. The van der Waals surface area contributed by atoms with E-state index in [9.17, 15) is 22.4 Å². The Hall–Kier alpha value is -2.37. The van der Waals surface area contributed by atoms with Gasteiger partial charge < -0.3 is 5.32 Å². The number of alkyl halides is 3. The van der Waals surface area contributed by atoms with E-state index in [1.807, 2.05) is 0 Å². The molecule has 0 bridgehead atoms. The molecule has 0 aliphatic heterocycles. The molecule has 0 heterocycles. The van der Waals surface area contributed by atoms with Crippen molar-refractivity contribution < 1.29 is 22.4 Å². The maximum absolute atomic E-state index is 13.8. The van der Waals surface area contributed by atoms with Crippen molar-refractivity contribution >= 4 is 11.6 Å². The fourth-order valence-corrected chi connectivity index (χ4v) is 1.79. The van der Waals surface area contributed by atoms with Gasteiger partial charge in [-0.2, -0.15) is 13.2 Å². The fraction of sp³-hybridized carbons (Fsp3) is 0.133. The van der Waals surface area contributed by atoms with Gasteiger partial charge in [-0.05, 0) is 36.8 Å². The van der Waals surface area contributed by atoms with Crippen molar-refractivity contribution in [3.05, 3.63) is 65.0 Å². The molecule has 0 atom stereocenters. The van der Waals surface area contributed by atoms with E-state index < -0.39 is 23.5 Å². The van der Waals surface area contributed by atoms with E-state index in [1.165, 1.54) is 37.3 Å². The summed E-state index contributed by atoms with van der Waals surface area (Å²) in [6, 6.07) is 8.43. The Balaban J connectivity index is 2.26. The van der Waals surface area contributed by atoms with Gasteiger partial charge in [-0.3, -0.25) is 4.79 Å². The minimum Gasteiger partial charge on any atom is -0.322 e. The Bertz CT molecular complexity index is 680. The summed E-state index contributed by atoms with van der Waals surface area (Å²) in [5.41, 5.74) is -0.861. The highest BCUT2D eigenvalue weighted by molar-refractivity contribution is 6.04. The monoisotopic (exact) mass is 297 g/mol. The number of halogens is 4. The molecule has 0 fully saturated rings. The second kappa shape index (κ2) is 5.55. The first kappa shape index (κ1) is 15.0. The lowest BCUT2D eigenvalue weighted by Gasteiger charge is -2.10. The van der Waals surface area contributed by atoms with Gasteiger partial charge >= 0.3 is 6.18 Å². The molecule has 21 heavy (non-hydrogen) atoms. The van der Waals surface area contributed by atoms with Gasteiger partial charge in [-0.1, -0.05) is 18.2 Å². The van der Waals surface area contributed by atoms with E-state index >= 15 is 0 Å². The molecular weight excluding hydrogens is 286 g/mol. The van der Waals surface area contributed by atoms with E-state index in [0.717, 1.165) is 12.1 Å². The smallest absolute Gasteiger partial charge is 0.322 e. The van der Waals surface area contributed by atoms with Crippen LogP contribution in [0.5, 0.6) is 0 Å². The van der Waals surface area contributed by atoms with Crippen molar-refractivity contribution in [3.63, 3.8) is 0 Å². The second-order valence-corrected chi connectivity index (χ2v) is 4.47. The molecule has 2 rings (SSSR count). The number of anilines is 1. The third-order valence-corrected chi connectivity index (χ3v) is 2.88. The second-order valence-electron chi connectivity index (χ2n) is 4.47. The molecule has 2 aromatic rings. The Morgan fingerprint density at radius 1 is 1.10 bits per heavy atom. The van der Waals surface area contributed by atoms with Crippen LogP contribution in [-0.2, 0) is 6.18 Å². The van der Waals surface area contributed by atoms with E-state index in [1.54, 1.807) is 0 Å². The van der Waals surface area contributed by atoms with E-state index in [0.29, 0.717) is 0 Å². The summed E-state index contributed by atoms with van der Waals surface area (Å²) in [5.74, 6) is -1.49. The largest absolute Gasteiger partial charge is 0.416 e. The summed E-state index contributed by atoms with van der Waals surface area (Å²) in [4.78, 5) is 11.9. The van der Waals surface area contributed by atoms with E-state index in [-0.39, 0.29) is 16.8 Å². The minimum atomic E-state index is -4.50. The van der Waals surface area contributed by atoms with Gasteiger partial charge in [-0.15, -0.1) is 0 Å². The van der Waals surface area contributed by atoms with Crippen LogP contribution in [0.2, 0.25) is 0 Å². The standard InChI is InChI=1S/C15H11F4NO/c1-9-4-2-7-12(13(9)16)14(21)20-11-6-3-5-10(8-11)15(17,18)19/h2-8H,1H3,(H,20,21). The van der Waals surface area contributed by atoms with Crippen LogP contribution in [0.1, 0.15) is 21.5 Å². The molecule has 0 spiro atoms. The van der Waals surface area contributed by atoms with Gasteiger partial charge in [0.25, 0.3) is 5.91 Å². The first-order valence-corrected chi connectivity index (χ1v) is 6.03. The SMILES string of the molecule is Cc1cccc(C(=O)Nc2cccc(C(F)(F)F)c2)c1F. The van der Waals surface area contributed by atoms with Gasteiger partial charge in [0.05, 0.1) is 11.1 Å². The quantitative estimate of drug-likeness (QED) is 0.818. The molecular formula is C15H11F4NO. The average molecular weight is 297 g/mol. The third kappa shape index (κ3) is 3.39. The van der Waals surface area contributed by atoms with Gasteiger partial charge in [0.15, 0.2) is 0 Å². The van der Waals surface area contributed by atoms with Crippen molar-refractivity contribution in [2.24, 2.45) is 0 Å². The predicted octanol–water partition coefficient (Wildman–Crippen LogP) is 4.41. The zero-order valence-electron chi connectivity index (χ0n) is 11.0. The van der Waals surface area contributed by atoms with Crippen LogP contribution >= 0.6 is 0 Å². The number of carbonyl (C=O) groups is 1.